The zero-order valence-electron chi connectivity index (χ0n) is 34.3. The van der Waals surface area contributed by atoms with Gasteiger partial charge in [0.05, 0.1) is 11.4 Å². The van der Waals surface area contributed by atoms with Crippen molar-refractivity contribution < 1.29 is 8.83 Å². The molecule has 0 radical (unpaired) electrons. The smallest absolute Gasteiger partial charge is 0.135 e. The third-order valence-corrected chi connectivity index (χ3v) is 12.1. The lowest BCUT2D eigenvalue weighted by Crippen LogP contribution is -2.12. The second-order valence-electron chi connectivity index (χ2n) is 15.9. The Balaban J connectivity index is 1.18. The number of hydrogen-bond donors (Lipinski definition) is 0. The molecule has 0 saturated carbocycles. The molecule has 0 fully saturated rings. The molecule has 2 heterocycles. The number of anilines is 6. The van der Waals surface area contributed by atoms with Gasteiger partial charge in [0.2, 0.25) is 0 Å². The highest BCUT2D eigenvalue weighted by molar-refractivity contribution is 6.25. The van der Waals surface area contributed by atoms with Crippen LogP contribution in [0, 0.1) is 13.8 Å². The Labute approximate surface area is 354 Å². The molecule has 292 valence electrons. The van der Waals surface area contributed by atoms with Crippen molar-refractivity contribution in [3.8, 4) is 0 Å². The summed E-state index contributed by atoms with van der Waals surface area (Å²) < 4.78 is 12.6. The van der Waals surface area contributed by atoms with Crippen LogP contribution >= 0.6 is 0 Å². The van der Waals surface area contributed by atoms with E-state index in [2.05, 4.69) is 212 Å². The summed E-state index contributed by atoms with van der Waals surface area (Å²) in [5.74, 6) is 0.885. The van der Waals surface area contributed by atoms with Gasteiger partial charge in [-0.3, -0.25) is 0 Å². The lowest BCUT2D eigenvalue weighted by Gasteiger charge is -2.30. The molecule has 0 unspecified atom stereocenters. The van der Waals surface area contributed by atoms with E-state index in [4.69, 9.17) is 8.83 Å². The molecule has 4 nitrogen and oxygen atoms in total. The van der Waals surface area contributed by atoms with Gasteiger partial charge in [0.25, 0.3) is 0 Å². The Morgan fingerprint density at radius 1 is 0.426 bits per heavy atom. The summed E-state index contributed by atoms with van der Waals surface area (Å²) in [4.78, 5) is 4.79. The summed E-state index contributed by atoms with van der Waals surface area (Å²) in [6.07, 6.45) is 4.05. The molecular weight excluding hydrogens is 745 g/mol. The Bertz CT molecular complexity index is 3540. The predicted molar refractivity (Wildman–Crippen MR) is 259 cm³/mol. The summed E-state index contributed by atoms with van der Waals surface area (Å²) in [5.41, 5.74) is 12.4. The first-order valence-corrected chi connectivity index (χ1v) is 20.8. The van der Waals surface area contributed by atoms with Crippen LogP contribution in [0.2, 0.25) is 0 Å². The number of hydrogen-bond acceptors (Lipinski definition) is 4. The van der Waals surface area contributed by atoms with Gasteiger partial charge in [-0.25, -0.2) is 0 Å². The maximum Gasteiger partial charge on any atom is 0.135 e. The molecule has 11 aromatic rings. The van der Waals surface area contributed by atoms with E-state index in [0.717, 1.165) is 94.7 Å². The number of para-hydroxylation sites is 2. The van der Waals surface area contributed by atoms with Crippen LogP contribution in [0.3, 0.4) is 0 Å². The second-order valence-corrected chi connectivity index (χ2v) is 15.9. The van der Waals surface area contributed by atoms with Gasteiger partial charge in [-0.2, -0.15) is 0 Å². The number of allylic oxidation sites excluding steroid dienone is 2. The lowest BCUT2D eigenvalue weighted by molar-refractivity contribution is 0.577. The minimum absolute atomic E-state index is 0.859. The summed E-state index contributed by atoms with van der Waals surface area (Å²) in [6, 6.07) is 63.3. The molecule has 0 amide bonds. The van der Waals surface area contributed by atoms with Crippen LogP contribution < -0.4 is 9.80 Å². The van der Waals surface area contributed by atoms with Crippen molar-refractivity contribution >= 4 is 105 Å². The van der Waals surface area contributed by atoms with Crippen LogP contribution in [0.15, 0.2) is 203 Å². The Kier molecular flexibility index (Phi) is 8.61. The van der Waals surface area contributed by atoms with Crippen molar-refractivity contribution in [2.24, 2.45) is 0 Å². The van der Waals surface area contributed by atoms with Crippen molar-refractivity contribution in [3.63, 3.8) is 0 Å². The van der Waals surface area contributed by atoms with Crippen molar-refractivity contribution in [1.29, 1.82) is 0 Å². The molecule has 0 aliphatic rings. The fourth-order valence-corrected chi connectivity index (χ4v) is 9.14. The number of benzene rings is 9. The summed E-state index contributed by atoms with van der Waals surface area (Å²) in [7, 11) is 0. The highest BCUT2D eigenvalue weighted by Crippen LogP contribution is 2.48. The quantitative estimate of drug-likeness (QED) is 0.113. The van der Waals surface area contributed by atoms with Gasteiger partial charge in [-0.05, 0) is 133 Å². The molecule has 0 N–H and O–H groups in total. The molecule has 4 heteroatoms. The highest BCUT2D eigenvalue weighted by atomic mass is 16.3. The standard InChI is InChI=1S/C57H42N2O2/c1-5-36(2)30-47-38(4)60-55-28-25-41(32-51(47)55)58(39-16-8-6-9-17-39)53-34-48-44-21-13-15-23-46(44)54(35-49(48)43-20-12-14-22-45(43)53)59(40-18-10-7-11-19-40)42-26-29-57-52(33-42)50-31-37(3)24-27-56(50)61-57/h5-35H,1H2,2-4H3/b36-30-. The predicted octanol–water partition coefficient (Wildman–Crippen LogP) is 16.9. The van der Waals surface area contributed by atoms with Gasteiger partial charge >= 0.3 is 0 Å². The first-order valence-electron chi connectivity index (χ1n) is 20.8. The molecule has 0 spiro atoms. The zero-order chi connectivity index (χ0) is 41.2. The maximum atomic E-state index is 6.34. The number of aryl methyl sites for hydroxylation is 2. The second kappa shape index (κ2) is 14.5. The van der Waals surface area contributed by atoms with E-state index in [1.807, 2.05) is 13.0 Å². The molecule has 0 atom stereocenters. The fraction of sp³-hybridized carbons (Fsp3) is 0.0526. The molecule has 0 aliphatic heterocycles. The third-order valence-electron chi connectivity index (χ3n) is 12.1. The molecule has 9 aromatic carbocycles. The Morgan fingerprint density at radius 2 is 0.885 bits per heavy atom. The number of fused-ring (bicyclic) bond motifs is 9. The summed E-state index contributed by atoms with van der Waals surface area (Å²) in [6.45, 7) is 10.2. The number of rotatable bonds is 8. The van der Waals surface area contributed by atoms with E-state index >= 15 is 0 Å². The van der Waals surface area contributed by atoms with Gasteiger partial charge < -0.3 is 18.6 Å². The molecular formula is C57H42N2O2. The monoisotopic (exact) mass is 786 g/mol. The normalized spacial score (nSPS) is 12.0. The molecule has 0 bridgehead atoms. The molecule has 11 rings (SSSR count). The average Bonchev–Trinajstić information content (AvgIpc) is 3.82. The first kappa shape index (κ1) is 36.3. The Morgan fingerprint density at radius 3 is 1.43 bits per heavy atom. The van der Waals surface area contributed by atoms with Crippen molar-refractivity contribution in [1.82, 2.24) is 0 Å². The van der Waals surface area contributed by atoms with Crippen molar-refractivity contribution in [2.45, 2.75) is 20.8 Å². The average molecular weight is 787 g/mol. The topological polar surface area (TPSA) is 32.8 Å². The number of nitrogens with zero attached hydrogens (tertiary/aromatic N) is 2. The van der Waals surface area contributed by atoms with Crippen LogP contribution in [0.25, 0.3) is 71.3 Å². The summed E-state index contributed by atoms with van der Waals surface area (Å²) in [5, 5.41) is 10.3. The molecule has 2 aromatic heterocycles. The molecule has 0 saturated heterocycles. The maximum absolute atomic E-state index is 6.34. The van der Waals surface area contributed by atoms with Crippen LogP contribution in [0.4, 0.5) is 34.1 Å². The van der Waals surface area contributed by atoms with Crippen LogP contribution in [0.1, 0.15) is 23.8 Å². The molecule has 0 aliphatic carbocycles. The van der Waals surface area contributed by atoms with Gasteiger partial charge in [0, 0.05) is 55.2 Å². The van der Waals surface area contributed by atoms with E-state index in [0.29, 0.717) is 0 Å². The highest BCUT2D eigenvalue weighted by Gasteiger charge is 2.23. The van der Waals surface area contributed by atoms with E-state index in [9.17, 15) is 0 Å². The first-order chi connectivity index (χ1) is 29.9. The summed E-state index contributed by atoms with van der Waals surface area (Å²) >= 11 is 0. The van der Waals surface area contributed by atoms with Crippen molar-refractivity contribution in [2.75, 3.05) is 9.80 Å². The van der Waals surface area contributed by atoms with Crippen molar-refractivity contribution in [3.05, 3.63) is 211 Å². The van der Waals surface area contributed by atoms with Crippen LogP contribution in [-0.4, -0.2) is 0 Å². The minimum Gasteiger partial charge on any atom is -0.461 e. The largest absolute Gasteiger partial charge is 0.461 e. The van der Waals surface area contributed by atoms with Gasteiger partial charge in [-0.1, -0.05) is 115 Å². The number of furan rings is 2. The van der Waals surface area contributed by atoms with E-state index in [-0.39, 0.29) is 0 Å². The van der Waals surface area contributed by atoms with Gasteiger partial charge in [0.15, 0.2) is 0 Å². The minimum atomic E-state index is 0.859. The van der Waals surface area contributed by atoms with E-state index in [1.165, 1.54) is 27.1 Å². The van der Waals surface area contributed by atoms with Gasteiger partial charge in [-0.15, -0.1) is 0 Å². The van der Waals surface area contributed by atoms with Crippen LogP contribution in [-0.2, 0) is 0 Å². The van der Waals surface area contributed by atoms with Gasteiger partial charge in [0.1, 0.15) is 22.5 Å². The Hall–Kier alpha value is -7.82. The lowest BCUT2D eigenvalue weighted by atomic mass is 9.93. The van der Waals surface area contributed by atoms with Crippen LogP contribution in [0.5, 0.6) is 0 Å². The van der Waals surface area contributed by atoms with E-state index < -0.39 is 0 Å². The van der Waals surface area contributed by atoms with E-state index in [1.54, 1.807) is 0 Å². The third kappa shape index (κ3) is 6.07. The molecule has 61 heavy (non-hydrogen) atoms. The zero-order valence-corrected chi connectivity index (χ0v) is 34.3. The fourth-order valence-electron chi connectivity index (χ4n) is 9.14. The SMILES string of the molecule is C=C/C(C)=C\c1c(C)oc2ccc(N(c3ccccc3)c3cc4c5ccccc5c(N(c5ccccc5)c5ccc6oc7ccc(C)cc7c6c5)cc4c4ccccc34)cc12.